The SMILES string of the molecule is COC(=O)CCc1csc(Nc2cccc(F)c2C)n1. The topological polar surface area (TPSA) is 51.2 Å². The fourth-order valence-corrected chi connectivity index (χ4v) is 2.43. The number of thiazole rings is 1. The molecule has 6 heteroatoms. The maximum atomic E-state index is 13.4. The van der Waals surface area contributed by atoms with E-state index >= 15 is 0 Å². The molecule has 1 aromatic heterocycles. The van der Waals surface area contributed by atoms with Crippen LogP contribution >= 0.6 is 11.3 Å². The third-order valence-electron chi connectivity index (χ3n) is 2.87. The number of methoxy groups -OCH3 is 1. The fourth-order valence-electron chi connectivity index (χ4n) is 1.67. The number of aromatic nitrogens is 1. The summed E-state index contributed by atoms with van der Waals surface area (Å²) in [7, 11) is 1.36. The minimum Gasteiger partial charge on any atom is -0.469 e. The Morgan fingerprint density at radius 3 is 3.05 bits per heavy atom. The van der Waals surface area contributed by atoms with Crippen molar-refractivity contribution in [1.29, 1.82) is 0 Å². The Morgan fingerprint density at radius 2 is 2.30 bits per heavy atom. The number of carbonyl (C=O) groups is 1. The van der Waals surface area contributed by atoms with Crippen molar-refractivity contribution in [2.45, 2.75) is 19.8 Å². The summed E-state index contributed by atoms with van der Waals surface area (Å²) < 4.78 is 18.0. The summed E-state index contributed by atoms with van der Waals surface area (Å²) in [6, 6.07) is 4.87. The molecule has 0 unspecified atom stereocenters. The molecule has 0 saturated heterocycles. The van der Waals surface area contributed by atoms with E-state index in [1.54, 1.807) is 19.1 Å². The second-order valence-corrected chi connectivity index (χ2v) is 5.12. The Morgan fingerprint density at radius 1 is 1.50 bits per heavy atom. The van der Waals surface area contributed by atoms with Crippen LogP contribution in [0.1, 0.15) is 17.7 Å². The van der Waals surface area contributed by atoms with Gasteiger partial charge in [-0.3, -0.25) is 4.79 Å². The highest BCUT2D eigenvalue weighted by Gasteiger charge is 2.08. The van der Waals surface area contributed by atoms with Crippen molar-refractivity contribution >= 4 is 28.1 Å². The summed E-state index contributed by atoms with van der Waals surface area (Å²) in [5.41, 5.74) is 2.06. The van der Waals surface area contributed by atoms with Crippen molar-refractivity contribution < 1.29 is 13.9 Å². The van der Waals surface area contributed by atoms with Gasteiger partial charge in [0, 0.05) is 23.1 Å². The molecule has 0 aliphatic heterocycles. The molecule has 0 bridgehead atoms. The quantitative estimate of drug-likeness (QED) is 0.858. The second kappa shape index (κ2) is 6.47. The molecule has 1 aromatic carbocycles. The van der Waals surface area contributed by atoms with Crippen molar-refractivity contribution in [2.75, 3.05) is 12.4 Å². The van der Waals surface area contributed by atoms with E-state index in [0.29, 0.717) is 29.2 Å². The van der Waals surface area contributed by atoms with Crippen molar-refractivity contribution in [3.8, 4) is 0 Å². The Hall–Kier alpha value is -1.95. The number of aryl methyl sites for hydroxylation is 1. The van der Waals surface area contributed by atoms with Crippen LogP contribution in [0.15, 0.2) is 23.6 Å². The number of ether oxygens (including phenoxy) is 1. The number of hydrogen-bond acceptors (Lipinski definition) is 5. The number of benzene rings is 1. The van der Waals surface area contributed by atoms with Crippen LogP contribution in [0.4, 0.5) is 15.2 Å². The molecule has 1 N–H and O–H groups in total. The monoisotopic (exact) mass is 294 g/mol. The Balaban J connectivity index is 2.02. The van der Waals surface area contributed by atoms with Gasteiger partial charge in [0.05, 0.1) is 19.2 Å². The van der Waals surface area contributed by atoms with Gasteiger partial charge in [-0.1, -0.05) is 6.07 Å². The van der Waals surface area contributed by atoms with E-state index in [0.717, 1.165) is 5.69 Å². The zero-order chi connectivity index (χ0) is 14.5. The maximum absolute atomic E-state index is 13.4. The van der Waals surface area contributed by atoms with Crippen LogP contribution in [0.2, 0.25) is 0 Å². The molecule has 20 heavy (non-hydrogen) atoms. The third-order valence-corrected chi connectivity index (χ3v) is 3.68. The maximum Gasteiger partial charge on any atom is 0.305 e. The summed E-state index contributed by atoms with van der Waals surface area (Å²) >= 11 is 1.42. The number of hydrogen-bond donors (Lipinski definition) is 1. The van der Waals surface area contributed by atoms with E-state index in [4.69, 9.17) is 0 Å². The van der Waals surface area contributed by atoms with E-state index in [2.05, 4.69) is 15.0 Å². The molecule has 0 spiro atoms. The van der Waals surface area contributed by atoms with Crippen molar-refractivity contribution in [3.63, 3.8) is 0 Å². The molecular weight excluding hydrogens is 279 g/mol. The van der Waals surface area contributed by atoms with Crippen LogP contribution in [0.3, 0.4) is 0 Å². The summed E-state index contributed by atoms with van der Waals surface area (Å²) in [4.78, 5) is 15.4. The van der Waals surface area contributed by atoms with Crippen LogP contribution < -0.4 is 5.32 Å². The number of rotatable bonds is 5. The van der Waals surface area contributed by atoms with Gasteiger partial charge in [0.15, 0.2) is 5.13 Å². The molecule has 2 rings (SSSR count). The first-order valence-corrected chi connectivity index (χ1v) is 7.01. The molecule has 0 atom stereocenters. The van der Waals surface area contributed by atoms with Gasteiger partial charge >= 0.3 is 5.97 Å². The fraction of sp³-hybridized carbons (Fsp3) is 0.286. The Labute approximate surface area is 120 Å². The summed E-state index contributed by atoms with van der Waals surface area (Å²) in [6.07, 6.45) is 0.839. The number of anilines is 2. The molecule has 0 aliphatic rings. The Bertz CT molecular complexity index is 613. The van der Waals surface area contributed by atoms with Crippen LogP contribution in [-0.4, -0.2) is 18.1 Å². The van der Waals surface area contributed by atoms with Gasteiger partial charge in [0.2, 0.25) is 0 Å². The molecule has 1 heterocycles. The number of carbonyl (C=O) groups excluding carboxylic acids is 1. The van der Waals surface area contributed by atoms with Crippen molar-refractivity contribution in [1.82, 2.24) is 4.98 Å². The Kier molecular flexibility index (Phi) is 4.68. The zero-order valence-electron chi connectivity index (χ0n) is 11.3. The van der Waals surface area contributed by atoms with E-state index in [9.17, 15) is 9.18 Å². The summed E-state index contributed by atoms with van der Waals surface area (Å²) in [5, 5.41) is 5.64. The lowest BCUT2D eigenvalue weighted by atomic mass is 10.2. The number of esters is 1. The first-order valence-electron chi connectivity index (χ1n) is 6.13. The summed E-state index contributed by atoms with van der Waals surface area (Å²) in [5.74, 6) is -0.508. The standard InChI is InChI=1S/C14H15FN2O2S/c1-9-11(15)4-3-5-12(9)17-14-16-10(8-20-14)6-7-13(18)19-2/h3-5,8H,6-7H2,1-2H3,(H,16,17). The minimum absolute atomic E-state index is 0.252. The zero-order valence-corrected chi connectivity index (χ0v) is 12.1. The van der Waals surface area contributed by atoms with Crippen molar-refractivity contribution in [3.05, 3.63) is 40.7 Å². The third kappa shape index (κ3) is 3.54. The molecule has 106 valence electrons. The average molecular weight is 294 g/mol. The largest absolute Gasteiger partial charge is 0.469 e. The highest BCUT2D eigenvalue weighted by atomic mass is 32.1. The number of nitrogens with one attached hydrogen (secondary N) is 1. The van der Waals surface area contributed by atoms with Gasteiger partial charge < -0.3 is 10.1 Å². The van der Waals surface area contributed by atoms with E-state index in [-0.39, 0.29) is 11.8 Å². The van der Waals surface area contributed by atoms with Gasteiger partial charge in [0.25, 0.3) is 0 Å². The average Bonchev–Trinajstić information content (AvgIpc) is 2.89. The smallest absolute Gasteiger partial charge is 0.305 e. The molecule has 2 aromatic rings. The van der Waals surface area contributed by atoms with Gasteiger partial charge in [0.1, 0.15) is 5.82 Å². The molecule has 0 aliphatic carbocycles. The summed E-state index contributed by atoms with van der Waals surface area (Å²) in [6.45, 7) is 1.71. The number of halogens is 1. The van der Waals surface area contributed by atoms with E-state index in [1.165, 1.54) is 24.5 Å². The van der Waals surface area contributed by atoms with Gasteiger partial charge in [-0.2, -0.15) is 0 Å². The van der Waals surface area contributed by atoms with Crippen LogP contribution in [0, 0.1) is 12.7 Å². The predicted molar refractivity (Wildman–Crippen MR) is 76.9 cm³/mol. The van der Waals surface area contributed by atoms with E-state index < -0.39 is 0 Å². The van der Waals surface area contributed by atoms with Crippen LogP contribution in [0.5, 0.6) is 0 Å². The van der Waals surface area contributed by atoms with Gasteiger partial charge in [-0.25, -0.2) is 9.37 Å². The molecular formula is C14H15FN2O2S. The molecule has 4 nitrogen and oxygen atoms in total. The second-order valence-electron chi connectivity index (χ2n) is 4.26. The van der Waals surface area contributed by atoms with Crippen LogP contribution in [-0.2, 0) is 16.0 Å². The van der Waals surface area contributed by atoms with Gasteiger partial charge in [-0.05, 0) is 19.1 Å². The minimum atomic E-state index is -0.256. The lowest BCUT2D eigenvalue weighted by molar-refractivity contribution is -0.140. The lowest BCUT2D eigenvalue weighted by Gasteiger charge is -2.06. The van der Waals surface area contributed by atoms with Crippen LogP contribution in [0.25, 0.3) is 0 Å². The van der Waals surface area contributed by atoms with Gasteiger partial charge in [-0.15, -0.1) is 11.3 Å². The van der Waals surface area contributed by atoms with Crippen molar-refractivity contribution in [2.24, 2.45) is 0 Å². The first-order chi connectivity index (χ1) is 9.60. The molecule has 0 radical (unpaired) electrons. The number of nitrogens with zero attached hydrogens (tertiary/aromatic N) is 1. The van der Waals surface area contributed by atoms with E-state index in [1.807, 2.05) is 5.38 Å². The first kappa shape index (κ1) is 14.5. The highest BCUT2D eigenvalue weighted by molar-refractivity contribution is 7.13. The molecule has 0 saturated carbocycles. The molecule has 0 amide bonds. The normalized spacial score (nSPS) is 10.3. The predicted octanol–water partition coefficient (Wildman–Crippen LogP) is 3.44. The molecule has 0 fully saturated rings. The lowest BCUT2D eigenvalue weighted by Crippen LogP contribution is -2.02. The highest BCUT2D eigenvalue weighted by Crippen LogP contribution is 2.25.